The van der Waals surface area contributed by atoms with Crippen molar-refractivity contribution in [3.8, 4) is 5.75 Å². The van der Waals surface area contributed by atoms with Crippen molar-refractivity contribution in [1.29, 1.82) is 0 Å². The molecule has 0 unspecified atom stereocenters. The Hall–Kier alpha value is -1.10. The number of nitrogens with zero attached hydrogens (tertiary/aromatic N) is 1. The summed E-state index contributed by atoms with van der Waals surface area (Å²) in [4.78, 5) is 2.48. The zero-order valence-corrected chi connectivity index (χ0v) is 14.1. The van der Waals surface area contributed by atoms with Crippen molar-refractivity contribution in [2.75, 3.05) is 32.9 Å². The first kappa shape index (κ1) is 16.7. The summed E-state index contributed by atoms with van der Waals surface area (Å²) in [5.74, 6) is 1.22. The Labute approximate surface area is 139 Å². The molecule has 4 heteroatoms. The molecule has 1 aromatic rings. The van der Waals surface area contributed by atoms with Crippen LogP contribution in [0.25, 0.3) is 0 Å². The predicted octanol–water partition coefficient (Wildman–Crippen LogP) is 2.49. The maximum atomic E-state index is 10.3. The van der Waals surface area contributed by atoms with E-state index in [2.05, 4.69) is 30.0 Å². The van der Waals surface area contributed by atoms with E-state index in [1.165, 1.54) is 12.0 Å². The van der Waals surface area contributed by atoms with E-state index in [1.54, 1.807) is 0 Å². The Balaban J connectivity index is 1.50. The fraction of sp³-hybridized carbons (Fsp3) is 0.684. The number of ether oxygens (including phenoxy) is 2. The van der Waals surface area contributed by atoms with Crippen molar-refractivity contribution < 1.29 is 14.6 Å². The van der Waals surface area contributed by atoms with Gasteiger partial charge >= 0.3 is 0 Å². The SMILES string of the molecule is CCc1cccc(OCCN2CCC[C@@H]2[C@@H]2COCC[C@@H]2O)c1. The van der Waals surface area contributed by atoms with E-state index in [4.69, 9.17) is 9.47 Å². The minimum absolute atomic E-state index is 0.212. The summed E-state index contributed by atoms with van der Waals surface area (Å²) < 4.78 is 11.5. The molecule has 1 aromatic carbocycles. The van der Waals surface area contributed by atoms with Gasteiger partial charge in [0.15, 0.2) is 0 Å². The lowest BCUT2D eigenvalue weighted by Gasteiger charge is -2.37. The third-order valence-electron chi connectivity index (χ3n) is 5.22. The molecule has 2 aliphatic rings. The van der Waals surface area contributed by atoms with Crippen LogP contribution < -0.4 is 4.74 Å². The predicted molar refractivity (Wildman–Crippen MR) is 90.8 cm³/mol. The van der Waals surface area contributed by atoms with Gasteiger partial charge in [0, 0.05) is 25.1 Å². The number of hydrogen-bond acceptors (Lipinski definition) is 4. The van der Waals surface area contributed by atoms with Crippen molar-refractivity contribution in [3.63, 3.8) is 0 Å². The van der Waals surface area contributed by atoms with Crippen LogP contribution in [0.2, 0.25) is 0 Å². The molecule has 2 aliphatic heterocycles. The standard InChI is InChI=1S/C19H29NO3/c1-2-15-5-3-6-16(13-15)23-12-10-20-9-4-7-18(20)17-14-22-11-8-19(17)21/h3,5-6,13,17-19,21H,2,4,7-12,14H2,1H3/t17-,18+,19-/m0/s1. The summed E-state index contributed by atoms with van der Waals surface area (Å²) in [6, 6.07) is 8.78. The molecule has 0 aliphatic carbocycles. The van der Waals surface area contributed by atoms with Gasteiger partial charge in [-0.05, 0) is 49.9 Å². The van der Waals surface area contributed by atoms with Crippen LogP contribution in [-0.2, 0) is 11.2 Å². The average Bonchev–Trinajstić information content (AvgIpc) is 3.04. The Morgan fingerprint density at radius 2 is 2.26 bits per heavy atom. The van der Waals surface area contributed by atoms with E-state index in [1.807, 2.05) is 6.07 Å². The monoisotopic (exact) mass is 319 g/mol. The minimum atomic E-state index is -0.212. The molecule has 3 rings (SSSR count). The van der Waals surface area contributed by atoms with Gasteiger partial charge in [-0.25, -0.2) is 0 Å². The van der Waals surface area contributed by atoms with Gasteiger partial charge in [0.25, 0.3) is 0 Å². The van der Waals surface area contributed by atoms with Crippen LogP contribution in [0.15, 0.2) is 24.3 Å². The number of hydrogen-bond donors (Lipinski definition) is 1. The van der Waals surface area contributed by atoms with Crippen molar-refractivity contribution in [2.45, 2.75) is 44.8 Å². The summed E-state index contributed by atoms with van der Waals surface area (Å²) in [5, 5.41) is 10.3. The average molecular weight is 319 g/mol. The van der Waals surface area contributed by atoms with Gasteiger partial charge in [-0.1, -0.05) is 19.1 Å². The van der Waals surface area contributed by atoms with Gasteiger partial charge in [-0.3, -0.25) is 4.90 Å². The van der Waals surface area contributed by atoms with Gasteiger partial charge in [0.05, 0.1) is 12.7 Å². The Morgan fingerprint density at radius 1 is 1.35 bits per heavy atom. The quantitative estimate of drug-likeness (QED) is 0.875. The van der Waals surface area contributed by atoms with Crippen molar-refractivity contribution >= 4 is 0 Å². The zero-order chi connectivity index (χ0) is 16.1. The van der Waals surface area contributed by atoms with Gasteiger partial charge in [0.2, 0.25) is 0 Å². The molecule has 0 bridgehead atoms. The first-order valence-corrected chi connectivity index (χ1v) is 8.99. The minimum Gasteiger partial charge on any atom is -0.492 e. The Kier molecular flexibility index (Phi) is 5.92. The van der Waals surface area contributed by atoms with E-state index < -0.39 is 0 Å². The van der Waals surface area contributed by atoms with Crippen LogP contribution >= 0.6 is 0 Å². The molecule has 2 saturated heterocycles. The summed E-state index contributed by atoms with van der Waals surface area (Å²) in [5.41, 5.74) is 1.31. The highest BCUT2D eigenvalue weighted by atomic mass is 16.5. The molecule has 0 aromatic heterocycles. The first-order valence-electron chi connectivity index (χ1n) is 8.99. The van der Waals surface area contributed by atoms with Crippen molar-refractivity contribution in [1.82, 2.24) is 4.90 Å². The van der Waals surface area contributed by atoms with E-state index in [-0.39, 0.29) is 12.0 Å². The van der Waals surface area contributed by atoms with Crippen LogP contribution in [0.5, 0.6) is 5.75 Å². The number of rotatable bonds is 6. The summed E-state index contributed by atoms with van der Waals surface area (Å²) in [6.07, 6.45) is 3.96. The second kappa shape index (κ2) is 8.13. The maximum absolute atomic E-state index is 10.3. The van der Waals surface area contributed by atoms with E-state index >= 15 is 0 Å². The number of aryl methyl sites for hydroxylation is 1. The highest BCUT2D eigenvalue weighted by molar-refractivity contribution is 5.28. The number of aliphatic hydroxyl groups is 1. The first-order chi connectivity index (χ1) is 11.3. The van der Waals surface area contributed by atoms with Crippen LogP contribution in [0, 0.1) is 5.92 Å². The van der Waals surface area contributed by atoms with Crippen LogP contribution in [0.4, 0.5) is 0 Å². The molecule has 2 fully saturated rings. The number of likely N-dealkylation sites (tertiary alicyclic amines) is 1. The molecule has 128 valence electrons. The lowest BCUT2D eigenvalue weighted by Crippen LogP contribution is -2.47. The fourth-order valence-electron chi connectivity index (χ4n) is 3.87. The van der Waals surface area contributed by atoms with Crippen LogP contribution in [0.1, 0.15) is 31.7 Å². The molecule has 1 N–H and O–H groups in total. The van der Waals surface area contributed by atoms with Crippen molar-refractivity contribution in [3.05, 3.63) is 29.8 Å². The molecule has 0 spiro atoms. The molecule has 3 atom stereocenters. The molecule has 0 amide bonds. The van der Waals surface area contributed by atoms with Gasteiger partial charge < -0.3 is 14.6 Å². The maximum Gasteiger partial charge on any atom is 0.119 e. The molecule has 2 heterocycles. The molecule has 0 saturated carbocycles. The van der Waals surface area contributed by atoms with Gasteiger partial charge in [0.1, 0.15) is 12.4 Å². The van der Waals surface area contributed by atoms with E-state index in [9.17, 15) is 5.11 Å². The number of benzene rings is 1. The number of aliphatic hydroxyl groups excluding tert-OH is 1. The normalized spacial score (nSPS) is 28.9. The molecule has 0 radical (unpaired) electrons. The fourth-order valence-corrected chi connectivity index (χ4v) is 3.87. The topological polar surface area (TPSA) is 41.9 Å². The highest BCUT2D eigenvalue weighted by Crippen LogP contribution is 2.29. The smallest absolute Gasteiger partial charge is 0.119 e. The second-order valence-corrected chi connectivity index (χ2v) is 6.69. The molecule has 4 nitrogen and oxygen atoms in total. The molecular formula is C19H29NO3. The van der Waals surface area contributed by atoms with Gasteiger partial charge in [-0.2, -0.15) is 0 Å². The third kappa shape index (κ3) is 4.25. The Morgan fingerprint density at radius 3 is 3.09 bits per heavy atom. The summed E-state index contributed by atoms with van der Waals surface area (Å²) in [6.45, 7) is 6.28. The van der Waals surface area contributed by atoms with Crippen LogP contribution in [0.3, 0.4) is 0 Å². The summed E-state index contributed by atoms with van der Waals surface area (Å²) in [7, 11) is 0. The van der Waals surface area contributed by atoms with Crippen molar-refractivity contribution in [2.24, 2.45) is 5.92 Å². The van der Waals surface area contributed by atoms with E-state index in [0.29, 0.717) is 25.9 Å². The lowest BCUT2D eigenvalue weighted by atomic mass is 9.89. The van der Waals surface area contributed by atoms with Crippen LogP contribution in [-0.4, -0.2) is 55.1 Å². The van der Waals surface area contributed by atoms with Gasteiger partial charge in [-0.15, -0.1) is 0 Å². The third-order valence-corrected chi connectivity index (χ3v) is 5.22. The molecular weight excluding hydrogens is 290 g/mol. The zero-order valence-electron chi connectivity index (χ0n) is 14.1. The summed E-state index contributed by atoms with van der Waals surface area (Å²) >= 11 is 0. The molecule has 23 heavy (non-hydrogen) atoms. The highest BCUT2D eigenvalue weighted by Gasteiger charge is 2.37. The second-order valence-electron chi connectivity index (χ2n) is 6.69. The largest absolute Gasteiger partial charge is 0.492 e. The van der Waals surface area contributed by atoms with E-state index in [0.717, 1.165) is 38.1 Å². The Bertz CT molecular complexity index is 493. The lowest BCUT2D eigenvalue weighted by molar-refractivity contribution is -0.0634.